The van der Waals surface area contributed by atoms with Crippen LogP contribution in [0.1, 0.15) is 17.3 Å². The summed E-state index contributed by atoms with van der Waals surface area (Å²) in [7, 11) is 3.22. The Morgan fingerprint density at radius 2 is 2.03 bits per heavy atom. The molecule has 0 unspecified atom stereocenters. The first kappa shape index (κ1) is 19.0. The van der Waals surface area contributed by atoms with Gasteiger partial charge in [-0.05, 0) is 34.5 Å². The number of thiophene rings is 1. The SMILES string of the molecule is COCc1nnc(N2CC(c3csc4cc(F)ccc34)C2)n1-c1ccc(OC)nc1. The number of aromatic nitrogens is 4. The van der Waals surface area contributed by atoms with Crippen LogP contribution in [0.25, 0.3) is 15.8 Å². The first-order valence-electron chi connectivity index (χ1n) is 9.53. The Morgan fingerprint density at radius 1 is 1.17 bits per heavy atom. The van der Waals surface area contributed by atoms with E-state index in [0.29, 0.717) is 24.2 Å². The molecule has 0 spiro atoms. The van der Waals surface area contributed by atoms with Crippen LogP contribution in [0.2, 0.25) is 0 Å². The number of benzene rings is 1. The number of hydrogen-bond donors (Lipinski definition) is 0. The second-order valence-electron chi connectivity index (χ2n) is 7.18. The highest BCUT2D eigenvalue weighted by atomic mass is 32.1. The van der Waals surface area contributed by atoms with Crippen molar-refractivity contribution < 1.29 is 13.9 Å². The number of halogens is 1. The Balaban J connectivity index is 1.42. The monoisotopic (exact) mass is 425 g/mol. The van der Waals surface area contributed by atoms with Crippen molar-refractivity contribution in [2.45, 2.75) is 12.5 Å². The Kier molecular flexibility index (Phi) is 4.84. The van der Waals surface area contributed by atoms with E-state index in [0.717, 1.165) is 34.8 Å². The summed E-state index contributed by atoms with van der Waals surface area (Å²) in [6.45, 7) is 1.98. The molecule has 0 aliphatic carbocycles. The number of hydrogen-bond acceptors (Lipinski definition) is 7. The maximum Gasteiger partial charge on any atom is 0.232 e. The normalized spacial score (nSPS) is 14.3. The molecule has 1 aromatic carbocycles. The third-order valence-corrected chi connectivity index (χ3v) is 6.31. The van der Waals surface area contributed by atoms with Crippen LogP contribution in [-0.4, -0.2) is 47.1 Å². The molecule has 0 saturated carbocycles. The van der Waals surface area contributed by atoms with Crippen LogP contribution in [0.5, 0.6) is 5.88 Å². The van der Waals surface area contributed by atoms with Gasteiger partial charge in [-0.3, -0.25) is 4.57 Å². The molecule has 0 bridgehead atoms. The van der Waals surface area contributed by atoms with Gasteiger partial charge in [0, 0.05) is 36.9 Å². The zero-order chi connectivity index (χ0) is 20.7. The molecule has 7 nitrogen and oxygen atoms in total. The van der Waals surface area contributed by atoms with Crippen LogP contribution in [-0.2, 0) is 11.3 Å². The summed E-state index contributed by atoms with van der Waals surface area (Å²) >= 11 is 1.59. The van der Waals surface area contributed by atoms with E-state index in [-0.39, 0.29) is 5.82 Å². The summed E-state index contributed by atoms with van der Waals surface area (Å²) in [5, 5.41) is 12.0. The number of ether oxygens (including phenoxy) is 2. The van der Waals surface area contributed by atoms with Crippen molar-refractivity contribution >= 4 is 27.4 Å². The predicted octanol–water partition coefficient (Wildman–Crippen LogP) is 3.77. The molecular weight excluding hydrogens is 405 g/mol. The molecule has 1 aliphatic rings. The molecule has 9 heteroatoms. The largest absolute Gasteiger partial charge is 0.481 e. The highest BCUT2D eigenvalue weighted by molar-refractivity contribution is 7.17. The van der Waals surface area contributed by atoms with E-state index >= 15 is 0 Å². The standard InChI is InChI=1S/C21H20FN5O2S/c1-28-11-19-24-25-21(27(19)15-4-6-20(29-2)23-8-15)26-9-13(10-26)17-12-30-18-7-14(22)3-5-16(17)18/h3-8,12-13H,9-11H2,1-2H3. The molecule has 30 heavy (non-hydrogen) atoms. The van der Waals surface area contributed by atoms with Crippen molar-refractivity contribution in [1.29, 1.82) is 0 Å². The van der Waals surface area contributed by atoms with E-state index in [4.69, 9.17) is 9.47 Å². The van der Waals surface area contributed by atoms with Crippen molar-refractivity contribution in [2.75, 3.05) is 32.2 Å². The number of methoxy groups -OCH3 is 2. The minimum Gasteiger partial charge on any atom is -0.481 e. The molecule has 0 radical (unpaired) electrons. The average Bonchev–Trinajstić information content (AvgIpc) is 3.32. The maximum atomic E-state index is 13.5. The summed E-state index contributed by atoms with van der Waals surface area (Å²) in [6, 6.07) is 8.74. The Bertz CT molecular complexity index is 1180. The Morgan fingerprint density at radius 3 is 2.77 bits per heavy atom. The second kappa shape index (κ2) is 7.66. The van der Waals surface area contributed by atoms with Crippen LogP contribution < -0.4 is 9.64 Å². The highest BCUT2D eigenvalue weighted by Gasteiger charge is 2.34. The van der Waals surface area contributed by atoms with Gasteiger partial charge in [-0.25, -0.2) is 9.37 Å². The smallest absolute Gasteiger partial charge is 0.232 e. The molecule has 5 rings (SSSR count). The van der Waals surface area contributed by atoms with Gasteiger partial charge in [0.15, 0.2) is 5.82 Å². The van der Waals surface area contributed by atoms with Crippen LogP contribution in [0, 0.1) is 5.82 Å². The lowest BCUT2D eigenvalue weighted by molar-refractivity contribution is 0.176. The molecule has 0 N–H and O–H groups in total. The van der Waals surface area contributed by atoms with Gasteiger partial charge in [-0.15, -0.1) is 21.5 Å². The first-order chi connectivity index (χ1) is 14.7. The molecule has 4 heterocycles. The Labute approximate surface area is 176 Å². The number of rotatable bonds is 6. The van der Waals surface area contributed by atoms with Gasteiger partial charge in [0.25, 0.3) is 0 Å². The quantitative estimate of drug-likeness (QED) is 0.469. The van der Waals surface area contributed by atoms with Crippen LogP contribution in [0.4, 0.5) is 10.3 Å². The number of fused-ring (bicyclic) bond motifs is 1. The summed E-state index contributed by atoms with van der Waals surface area (Å²) in [6.07, 6.45) is 1.74. The molecule has 1 fully saturated rings. The summed E-state index contributed by atoms with van der Waals surface area (Å²) in [5.41, 5.74) is 2.11. The molecule has 3 aromatic heterocycles. The topological polar surface area (TPSA) is 65.3 Å². The molecule has 0 atom stereocenters. The molecule has 4 aromatic rings. The van der Waals surface area contributed by atoms with E-state index in [1.54, 1.807) is 37.8 Å². The van der Waals surface area contributed by atoms with Crippen molar-refractivity contribution in [3.05, 3.63) is 59.1 Å². The van der Waals surface area contributed by atoms with E-state index < -0.39 is 0 Å². The molecule has 154 valence electrons. The van der Waals surface area contributed by atoms with Gasteiger partial charge in [0.05, 0.1) is 19.0 Å². The molecular formula is C21H20FN5O2S. The van der Waals surface area contributed by atoms with E-state index in [1.807, 2.05) is 22.8 Å². The molecule has 0 amide bonds. The fraction of sp³-hybridized carbons (Fsp3) is 0.286. The van der Waals surface area contributed by atoms with E-state index in [2.05, 4.69) is 25.5 Å². The second-order valence-corrected chi connectivity index (χ2v) is 8.09. The fourth-order valence-corrected chi connectivity index (χ4v) is 4.87. The Hall–Kier alpha value is -3.04. The van der Waals surface area contributed by atoms with Crippen LogP contribution in [0.15, 0.2) is 41.9 Å². The van der Waals surface area contributed by atoms with Gasteiger partial charge in [0.1, 0.15) is 12.4 Å². The van der Waals surface area contributed by atoms with Gasteiger partial charge in [0.2, 0.25) is 11.8 Å². The first-order valence-corrected chi connectivity index (χ1v) is 10.4. The minimum atomic E-state index is -0.196. The lowest BCUT2D eigenvalue weighted by Gasteiger charge is -2.40. The van der Waals surface area contributed by atoms with Crippen molar-refractivity contribution in [1.82, 2.24) is 19.7 Å². The van der Waals surface area contributed by atoms with Crippen LogP contribution >= 0.6 is 11.3 Å². The van der Waals surface area contributed by atoms with Gasteiger partial charge >= 0.3 is 0 Å². The van der Waals surface area contributed by atoms with Gasteiger partial charge in [-0.2, -0.15) is 0 Å². The van der Waals surface area contributed by atoms with Gasteiger partial charge < -0.3 is 14.4 Å². The number of anilines is 1. The average molecular weight is 425 g/mol. The lowest BCUT2D eigenvalue weighted by atomic mass is 9.91. The van der Waals surface area contributed by atoms with E-state index in [9.17, 15) is 4.39 Å². The lowest BCUT2D eigenvalue weighted by Crippen LogP contribution is -2.46. The van der Waals surface area contributed by atoms with Crippen molar-refractivity contribution in [2.24, 2.45) is 0 Å². The number of nitrogens with zero attached hydrogens (tertiary/aromatic N) is 5. The predicted molar refractivity (Wildman–Crippen MR) is 113 cm³/mol. The zero-order valence-electron chi connectivity index (χ0n) is 16.6. The highest BCUT2D eigenvalue weighted by Crippen LogP contribution is 2.38. The third-order valence-electron chi connectivity index (χ3n) is 5.35. The zero-order valence-corrected chi connectivity index (χ0v) is 17.4. The molecule has 1 aliphatic heterocycles. The van der Waals surface area contributed by atoms with Crippen LogP contribution in [0.3, 0.4) is 0 Å². The number of pyridine rings is 1. The summed E-state index contributed by atoms with van der Waals surface area (Å²) in [4.78, 5) is 6.50. The summed E-state index contributed by atoms with van der Waals surface area (Å²) in [5.74, 6) is 2.19. The van der Waals surface area contributed by atoms with Crippen molar-refractivity contribution in [3.8, 4) is 11.6 Å². The minimum absolute atomic E-state index is 0.196. The van der Waals surface area contributed by atoms with Crippen molar-refractivity contribution in [3.63, 3.8) is 0 Å². The molecule has 1 saturated heterocycles. The summed E-state index contributed by atoms with van der Waals surface area (Å²) < 4.78 is 26.9. The third kappa shape index (κ3) is 3.20. The van der Waals surface area contributed by atoms with E-state index in [1.165, 1.54) is 11.6 Å². The van der Waals surface area contributed by atoms with Gasteiger partial charge in [-0.1, -0.05) is 6.07 Å². The fourth-order valence-electron chi connectivity index (χ4n) is 3.80. The maximum absolute atomic E-state index is 13.5.